The highest BCUT2D eigenvalue weighted by atomic mass is 32.2. The smallest absolute Gasteiger partial charge is 0.335 e. The summed E-state index contributed by atoms with van der Waals surface area (Å²) < 4.78 is 5.68. The number of thioether (sulfide) groups is 1. The molecule has 0 aliphatic rings. The molecular formula is C17H18O3S. The number of carbonyl (C=O) groups is 1. The average Bonchev–Trinajstić information content (AvgIpc) is 2.47. The molecule has 0 radical (unpaired) electrons. The minimum Gasteiger partial charge on any atom is -0.493 e. The first kappa shape index (κ1) is 15.4. The van der Waals surface area contributed by atoms with Crippen molar-refractivity contribution in [1.82, 2.24) is 0 Å². The second-order valence-electron chi connectivity index (χ2n) is 4.72. The van der Waals surface area contributed by atoms with Crippen LogP contribution < -0.4 is 4.74 Å². The Bertz CT molecular complexity index is 593. The van der Waals surface area contributed by atoms with Crippen LogP contribution in [0.2, 0.25) is 0 Å². The van der Waals surface area contributed by atoms with Gasteiger partial charge in [-0.3, -0.25) is 0 Å². The highest BCUT2D eigenvalue weighted by Gasteiger charge is 2.01. The number of carboxylic acids is 1. The monoisotopic (exact) mass is 302 g/mol. The van der Waals surface area contributed by atoms with Crippen LogP contribution in [0.3, 0.4) is 0 Å². The van der Waals surface area contributed by atoms with Gasteiger partial charge < -0.3 is 9.84 Å². The summed E-state index contributed by atoms with van der Waals surface area (Å²) in [5.41, 5.74) is 2.64. The topological polar surface area (TPSA) is 46.5 Å². The molecule has 4 heteroatoms. The largest absolute Gasteiger partial charge is 0.493 e. The van der Waals surface area contributed by atoms with Crippen LogP contribution in [0, 0.1) is 6.92 Å². The van der Waals surface area contributed by atoms with Gasteiger partial charge in [0.15, 0.2) is 0 Å². The molecular weight excluding hydrogens is 284 g/mol. The molecule has 21 heavy (non-hydrogen) atoms. The van der Waals surface area contributed by atoms with Gasteiger partial charge in [0.25, 0.3) is 0 Å². The number of aromatic carboxylic acids is 1. The minimum absolute atomic E-state index is 0.325. The van der Waals surface area contributed by atoms with Crippen molar-refractivity contribution < 1.29 is 14.6 Å². The SMILES string of the molecule is Cc1cccc(OCCSCc2ccc(C(=O)O)cc2)c1. The number of ether oxygens (including phenoxy) is 1. The van der Waals surface area contributed by atoms with Gasteiger partial charge in [-0.25, -0.2) is 4.79 Å². The van der Waals surface area contributed by atoms with Crippen LogP contribution in [0.5, 0.6) is 5.75 Å². The van der Waals surface area contributed by atoms with Gasteiger partial charge >= 0.3 is 5.97 Å². The fraction of sp³-hybridized carbons (Fsp3) is 0.235. The van der Waals surface area contributed by atoms with Gasteiger partial charge in [-0.1, -0.05) is 24.3 Å². The third-order valence-electron chi connectivity index (χ3n) is 2.96. The summed E-state index contributed by atoms with van der Waals surface area (Å²) in [4.78, 5) is 10.7. The molecule has 0 saturated carbocycles. The lowest BCUT2D eigenvalue weighted by atomic mass is 10.1. The van der Waals surface area contributed by atoms with E-state index in [9.17, 15) is 4.79 Å². The summed E-state index contributed by atoms with van der Waals surface area (Å²) in [5, 5.41) is 8.83. The second-order valence-corrected chi connectivity index (χ2v) is 5.82. The Hall–Kier alpha value is -1.94. The zero-order valence-electron chi connectivity index (χ0n) is 11.9. The second kappa shape index (κ2) is 7.74. The number of hydrogen-bond donors (Lipinski definition) is 1. The Morgan fingerprint density at radius 3 is 2.62 bits per heavy atom. The van der Waals surface area contributed by atoms with Crippen molar-refractivity contribution in [3.63, 3.8) is 0 Å². The van der Waals surface area contributed by atoms with Crippen LogP contribution >= 0.6 is 11.8 Å². The minimum atomic E-state index is -0.888. The van der Waals surface area contributed by atoms with Gasteiger partial charge in [-0.2, -0.15) is 11.8 Å². The van der Waals surface area contributed by atoms with E-state index in [4.69, 9.17) is 9.84 Å². The molecule has 0 bridgehead atoms. The fourth-order valence-corrected chi connectivity index (χ4v) is 2.63. The quantitative estimate of drug-likeness (QED) is 0.785. The van der Waals surface area contributed by atoms with Crippen LogP contribution in [-0.2, 0) is 5.75 Å². The van der Waals surface area contributed by atoms with E-state index < -0.39 is 5.97 Å². The summed E-state index contributed by atoms with van der Waals surface area (Å²) in [6, 6.07) is 15.0. The summed E-state index contributed by atoms with van der Waals surface area (Å²) in [7, 11) is 0. The van der Waals surface area contributed by atoms with Crippen LogP contribution in [0.4, 0.5) is 0 Å². The molecule has 0 aromatic heterocycles. The highest BCUT2D eigenvalue weighted by molar-refractivity contribution is 7.98. The standard InChI is InChI=1S/C17H18O3S/c1-13-3-2-4-16(11-13)20-9-10-21-12-14-5-7-15(8-6-14)17(18)19/h2-8,11H,9-10,12H2,1H3,(H,18,19). The van der Waals surface area contributed by atoms with Crippen molar-refractivity contribution in [2.45, 2.75) is 12.7 Å². The van der Waals surface area contributed by atoms with E-state index in [1.807, 2.05) is 43.3 Å². The summed E-state index contributed by atoms with van der Waals surface area (Å²) in [6.07, 6.45) is 0. The maximum atomic E-state index is 10.7. The number of rotatable bonds is 7. The molecule has 2 rings (SSSR count). The van der Waals surface area contributed by atoms with Gasteiger partial charge in [0, 0.05) is 11.5 Å². The highest BCUT2D eigenvalue weighted by Crippen LogP contribution is 2.15. The van der Waals surface area contributed by atoms with Crippen LogP contribution in [0.25, 0.3) is 0 Å². The molecule has 3 nitrogen and oxygen atoms in total. The first-order chi connectivity index (χ1) is 10.1. The lowest BCUT2D eigenvalue weighted by Crippen LogP contribution is -2.00. The van der Waals surface area contributed by atoms with Crippen molar-refractivity contribution >= 4 is 17.7 Å². The van der Waals surface area contributed by atoms with E-state index in [2.05, 4.69) is 0 Å². The Kier molecular flexibility index (Phi) is 5.69. The van der Waals surface area contributed by atoms with E-state index in [-0.39, 0.29) is 0 Å². The van der Waals surface area contributed by atoms with Crippen LogP contribution in [-0.4, -0.2) is 23.4 Å². The molecule has 0 fully saturated rings. The third kappa shape index (κ3) is 5.16. The molecule has 0 unspecified atom stereocenters. The van der Waals surface area contributed by atoms with E-state index >= 15 is 0 Å². The van der Waals surface area contributed by atoms with Crippen molar-refractivity contribution in [2.75, 3.05) is 12.4 Å². The van der Waals surface area contributed by atoms with Gasteiger partial charge in [0.05, 0.1) is 12.2 Å². The number of carboxylic acid groups (broad SMARTS) is 1. The van der Waals surface area contributed by atoms with E-state index in [0.29, 0.717) is 12.2 Å². The van der Waals surface area contributed by atoms with Crippen LogP contribution in [0.15, 0.2) is 48.5 Å². The first-order valence-electron chi connectivity index (χ1n) is 6.74. The molecule has 0 spiro atoms. The molecule has 0 aliphatic heterocycles. The summed E-state index contributed by atoms with van der Waals surface area (Å²) in [6.45, 7) is 2.71. The summed E-state index contributed by atoms with van der Waals surface area (Å²) in [5.74, 6) is 1.77. The molecule has 0 amide bonds. The van der Waals surface area contributed by atoms with Gasteiger partial charge in [-0.15, -0.1) is 0 Å². The van der Waals surface area contributed by atoms with Crippen molar-refractivity contribution in [3.05, 3.63) is 65.2 Å². The fourth-order valence-electron chi connectivity index (χ4n) is 1.86. The van der Waals surface area contributed by atoms with Gasteiger partial charge in [0.2, 0.25) is 0 Å². The average molecular weight is 302 g/mol. The Balaban J connectivity index is 1.69. The predicted octanol–water partition coefficient (Wildman–Crippen LogP) is 4.01. The third-order valence-corrected chi connectivity index (χ3v) is 3.95. The Morgan fingerprint density at radius 2 is 1.95 bits per heavy atom. The molecule has 1 N–H and O–H groups in total. The van der Waals surface area contributed by atoms with Crippen LogP contribution in [0.1, 0.15) is 21.5 Å². The lowest BCUT2D eigenvalue weighted by Gasteiger charge is -2.07. The summed E-state index contributed by atoms with van der Waals surface area (Å²) >= 11 is 1.77. The zero-order chi connectivity index (χ0) is 15.1. The normalized spacial score (nSPS) is 10.3. The van der Waals surface area contributed by atoms with E-state index in [1.54, 1.807) is 23.9 Å². The van der Waals surface area contributed by atoms with Crippen molar-refractivity contribution in [2.24, 2.45) is 0 Å². The Labute approximate surface area is 129 Å². The number of hydrogen-bond acceptors (Lipinski definition) is 3. The maximum Gasteiger partial charge on any atom is 0.335 e. The van der Waals surface area contributed by atoms with Gasteiger partial charge in [-0.05, 0) is 42.3 Å². The molecule has 2 aromatic carbocycles. The molecule has 0 heterocycles. The first-order valence-corrected chi connectivity index (χ1v) is 7.90. The number of aryl methyl sites for hydroxylation is 1. The van der Waals surface area contributed by atoms with Gasteiger partial charge in [0.1, 0.15) is 5.75 Å². The molecule has 2 aromatic rings. The maximum absolute atomic E-state index is 10.7. The molecule has 0 atom stereocenters. The van der Waals surface area contributed by atoms with Crippen molar-refractivity contribution in [1.29, 1.82) is 0 Å². The van der Waals surface area contributed by atoms with E-state index in [0.717, 1.165) is 22.8 Å². The molecule has 110 valence electrons. The van der Waals surface area contributed by atoms with Crippen molar-refractivity contribution in [3.8, 4) is 5.75 Å². The molecule has 0 saturated heterocycles. The number of benzene rings is 2. The Morgan fingerprint density at radius 1 is 1.19 bits per heavy atom. The zero-order valence-corrected chi connectivity index (χ0v) is 12.7. The van der Waals surface area contributed by atoms with E-state index in [1.165, 1.54) is 5.56 Å². The molecule has 0 aliphatic carbocycles. The predicted molar refractivity (Wildman–Crippen MR) is 86.2 cm³/mol. The lowest BCUT2D eigenvalue weighted by molar-refractivity contribution is 0.0697.